The number of carboxylic acid groups (broad SMARTS) is 2. The van der Waals surface area contributed by atoms with Gasteiger partial charge in [-0.2, -0.15) is 0 Å². The summed E-state index contributed by atoms with van der Waals surface area (Å²) in [5.74, 6) is -2.11. The maximum absolute atomic E-state index is 11.0. The lowest BCUT2D eigenvalue weighted by Crippen LogP contribution is -2.46. The fourth-order valence-electron chi connectivity index (χ4n) is 2.10. The summed E-state index contributed by atoms with van der Waals surface area (Å²) >= 11 is 0. The van der Waals surface area contributed by atoms with E-state index in [0.717, 1.165) is 11.1 Å². The summed E-state index contributed by atoms with van der Waals surface area (Å²) in [5.41, 5.74) is 7.49. The SMILES string of the molecule is N[C@H](C(=O)O)C(CC(=O)O)Oc1ccc(-c2ccccc2)cc1. The Labute approximate surface area is 133 Å². The Kier molecular flexibility index (Phi) is 5.32. The Morgan fingerprint density at radius 3 is 2.04 bits per heavy atom. The highest BCUT2D eigenvalue weighted by Crippen LogP contribution is 2.23. The van der Waals surface area contributed by atoms with Crippen molar-refractivity contribution in [1.29, 1.82) is 0 Å². The first kappa shape index (κ1) is 16.5. The van der Waals surface area contributed by atoms with E-state index in [4.69, 9.17) is 20.7 Å². The van der Waals surface area contributed by atoms with E-state index in [0.29, 0.717) is 5.75 Å². The summed E-state index contributed by atoms with van der Waals surface area (Å²) in [6.45, 7) is 0. The molecule has 2 aromatic rings. The van der Waals surface area contributed by atoms with Crippen LogP contribution in [0.3, 0.4) is 0 Å². The van der Waals surface area contributed by atoms with Crippen molar-refractivity contribution in [2.24, 2.45) is 5.73 Å². The predicted octanol–water partition coefficient (Wildman–Crippen LogP) is 1.99. The second kappa shape index (κ2) is 7.42. The van der Waals surface area contributed by atoms with Crippen LogP contribution in [0.1, 0.15) is 6.42 Å². The van der Waals surface area contributed by atoms with Crippen LogP contribution in [0.2, 0.25) is 0 Å². The molecule has 0 spiro atoms. The molecule has 0 aliphatic rings. The van der Waals surface area contributed by atoms with Crippen LogP contribution in [-0.2, 0) is 9.59 Å². The van der Waals surface area contributed by atoms with Crippen LogP contribution in [0.5, 0.6) is 5.75 Å². The van der Waals surface area contributed by atoms with Crippen LogP contribution in [0.15, 0.2) is 54.6 Å². The van der Waals surface area contributed by atoms with Gasteiger partial charge < -0.3 is 20.7 Å². The number of carbonyl (C=O) groups is 2. The molecule has 0 fully saturated rings. The molecule has 0 aliphatic heterocycles. The molecule has 6 heteroatoms. The van der Waals surface area contributed by atoms with Crippen LogP contribution >= 0.6 is 0 Å². The molecule has 2 aromatic carbocycles. The van der Waals surface area contributed by atoms with E-state index >= 15 is 0 Å². The Balaban J connectivity index is 2.14. The second-order valence-corrected chi connectivity index (χ2v) is 5.01. The highest BCUT2D eigenvalue weighted by atomic mass is 16.5. The zero-order valence-electron chi connectivity index (χ0n) is 12.3. The lowest BCUT2D eigenvalue weighted by Gasteiger charge is -2.21. The van der Waals surface area contributed by atoms with Gasteiger partial charge in [0.05, 0.1) is 6.42 Å². The summed E-state index contributed by atoms with van der Waals surface area (Å²) in [4.78, 5) is 21.8. The Hall–Kier alpha value is -2.86. The van der Waals surface area contributed by atoms with E-state index in [9.17, 15) is 9.59 Å². The smallest absolute Gasteiger partial charge is 0.324 e. The first-order chi connectivity index (χ1) is 11.0. The molecule has 6 nitrogen and oxygen atoms in total. The van der Waals surface area contributed by atoms with Gasteiger partial charge in [0.25, 0.3) is 0 Å². The van der Waals surface area contributed by atoms with Crippen molar-refractivity contribution in [3.05, 3.63) is 54.6 Å². The summed E-state index contributed by atoms with van der Waals surface area (Å²) in [5, 5.41) is 17.8. The van der Waals surface area contributed by atoms with Gasteiger partial charge in [0.1, 0.15) is 17.9 Å². The van der Waals surface area contributed by atoms with Gasteiger partial charge in [0.15, 0.2) is 0 Å². The molecule has 0 amide bonds. The van der Waals surface area contributed by atoms with Gasteiger partial charge in [-0.25, -0.2) is 0 Å². The third-order valence-electron chi connectivity index (χ3n) is 3.31. The molecule has 2 atom stereocenters. The standard InChI is InChI=1S/C17H17NO5/c18-16(17(21)22)14(10-15(19)20)23-13-8-6-12(7-9-13)11-4-2-1-3-5-11/h1-9,14,16H,10,18H2,(H,19,20)(H,21,22)/t14?,16-/m0/s1. The molecule has 0 bridgehead atoms. The maximum Gasteiger partial charge on any atom is 0.324 e. The third-order valence-corrected chi connectivity index (χ3v) is 3.31. The van der Waals surface area contributed by atoms with Crippen molar-refractivity contribution in [1.82, 2.24) is 0 Å². The molecule has 0 aromatic heterocycles. The van der Waals surface area contributed by atoms with Crippen molar-refractivity contribution >= 4 is 11.9 Å². The lowest BCUT2D eigenvalue weighted by atomic mass is 10.1. The fourth-order valence-corrected chi connectivity index (χ4v) is 2.10. The monoisotopic (exact) mass is 315 g/mol. The van der Waals surface area contributed by atoms with E-state index < -0.39 is 30.5 Å². The zero-order chi connectivity index (χ0) is 16.8. The van der Waals surface area contributed by atoms with Gasteiger partial charge in [-0.1, -0.05) is 42.5 Å². The average Bonchev–Trinajstić information content (AvgIpc) is 2.54. The molecular weight excluding hydrogens is 298 g/mol. The third kappa shape index (κ3) is 4.55. The molecule has 23 heavy (non-hydrogen) atoms. The van der Waals surface area contributed by atoms with E-state index in [1.54, 1.807) is 12.1 Å². The highest BCUT2D eigenvalue weighted by Gasteiger charge is 2.28. The summed E-state index contributed by atoms with van der Waals surface area (Å²) in [6.07, 6.45) is -1.64. The largest absolute Gasteiger partial charge is 0.488 e. The molecule has 0 heterocycles. The van der Waals surface area contributed by atoms with Crippen LogP contribution < -0.4 is 10.5 Å². The van der Waals surface area contributed by atoms with E-state index in [1.165, 1.54) is 0 Å². The van der Waals surface area contributed by atoms with Crippen molar-refractivity contribution in [3.63, 3.8) is 0 Å². The minimum absolute atomic E-state index is 0.368. The lowest BCUT2D eigenvalue weighted by molar-refractivity contribution is -0.143. The molecular formula is C17H17NO5. The summed E-state index contributed by atoms with van der Waals surface area (Å²) in [6, 6.07) is 15.2. The Bertz CT molecular complexity index is 669. The van der Waals surface area contributed by atoms with Gasteiger partial charge in [-0.3, -0.25) is 9.59 Å². The normalized spacial score (nSPS) is 13.1. The number of benzene rings is 2. The Morgan fingerprint density at radius 1 is 0.957 bits per heavy atom. The quantitative estimate of drug-likeness (QED) is 0.720. The number of aliphatic carboxylic acids is 2. The van der Waals surface area contributed by atoms with Crippen molar-refractivity contribution < 1.29 is 24.5 Å². The molecule has 120 valence electrons. The summed E-state index contributed by atoms with van der Waals surface area (Å²) in [7, 11) is 0. The van der Waals surface area contributed by atoms with Gasteiger partial charge in [0.2, 0.25) is 0 Å². The minimum atomic E-state index is -1.42. The van der Waals surface area contributed by atoms with E-state index in [2.05, 4.69) is 0 Å². The number of carboxylic acids is 2. The van der Waals surface area contributed by atoms with Gasteiger partial charge in [-0.15, -0.1) is 0 Å². The minimum Gasteiger partial charge on any atom is -0.488 e. The highest BCUT2D eigenvalue weighted by molar-refractivity contribution is 5.76. The number of nitrogens with two attached hydrogens (primary N) is 1. The van der Waals surface area contributed by atoms with Crippen molar-refractivity contribution in [3.8, 4) is 16.9 Å². The van der Waals surface area contributed by atoms with Crippen LogP contribution in [0.4, 0.5) is 0 Å². The predicted molar refractivity (Wildman–Crippen MR) is 84.2 cm³/mol. The molecule has 4 N–H and O–H groups in total. The molecule has 0 aliphatic carbocycles. The zero-order valence-corrected chi connectivity index (χ0v) is 12.3. The average molecular weight is 315 g/mol. The number of hydrogen-bond acceptors (Lipinski definition) is 4. The first-order valence-corrected chi connectivity index (χ1v) is 6.99. The van der Waals surface area contributed by atoms with Crippen molar-refractivity contribution in [2.75, 3.05) is 0 Å². The number of rotatable bonds is 7. The van der Waals surface area contributed by atoms with Gasteiger partial charge in [0, 0.05) is 0 Å². The van der Waals surface area contributed by atoms with Gasteiger partial charge >= 0.3 is 11.9 Å². The molecule has 0 radical (unpaired) electrons. The molecule has 0 saturated heterocycles. The van der Waals surface area contributed by atoms with E-state index in [1.807, 2.05) is 42.5 Å². The summed E-state index contributed by atoms with van der Waals surface area (Å²) < 4.78 is 5.45. The molecule has 1 unspecified atom stereocenters. The molecule has 0 saturated carbocycles. The van der Waals surface area contributed by atoms with Crippen LogP contribution in [-0.4, -0.2) is 34.3 Å². The van der Waals surface area contributed by atoms with E-state index in [-0.39, 0.29) is 0 Å². The van der Waals surface area contributed by atoms with Crippen LogP contribution in [0.25, 0.3) is 11.1 Å². The fraction of sp³-hybridized carbons (Fsp3) is 0.176. The first-order valence-electron chi connectivity index (χ1n) is 6.99. The number of ether oxygens (including phenoxy) is 1. The van der Waals surface area contributed by atoms with Crippen molar-refractivity contribution in [2.45, 2.75) is 18.6 Å². The number of hydrogen-bond donors (Lipinski definition) is 3. The second-order valence-electron chi connectivity index (χ2n) is 5.01. The maximum atomic E-state index is 11.0. The topological polar surface area (TPSA) is 110 Å². The molecule has 2 rings (SSSR count). The Morgan fingerprint density at radius 2 is 1.52 bits per heavy atom. The van der Waals surface area contributed by atoms with Crippen LogP contribution in [0, 0.1) is 0 Å². The van der Waals surface area contributed by atoms with Gasteiger partial charge in [-0.05, 0) is 23.3 Å².